The summed E-state index contributed by atoms with van der Waals surface area (Å²) in [6.45, 7) is 0. The highest BCUT2D eigenvalue weighted by Crippen LogP contribution is 2.29. The van der Waals surface area contributed by atoms with Gasteiger partial charge in [-0.1, -0.05) is 11.6 Å². The molecule has 0 aliphatic rings. The van der Waals surface area contributed by atoms with Gasteiger partial charge in [0.15, 0.2) is 11.6 Å². The van der Waals surface area contributed by atoms with Crippen LogP contribution in [-0.4, -0.2) is 39.6 Å². The summed E-state index contributed by atoms with van der Waals surface area (Å²) in [6, 6.07) is 2.93. The van der Waals surface area contributed by atoms with Crippen LogP contribution in [0.3, 0.4) is 0 Å². The van der Waals surface area contributed by atoms with Crippen LogP contribution in [0.4, 0.5) is 11.6 Å². The van der Waals surface area contributed by atoms with Crippen molar-refractivity contribution in [3.8, 4) is 5.75 Å². The molecule has 0 saturated carbocycles. The van der Waals surface area contributed by atoms with Crippen LogP contribution in [0.1, 0.15) is 0 Å². The number of sulfonamides is 1. The number of halogens is 2. The van der Waals surface area contributed by atoms with E-state index in [2.05, 4.69) is 30.6 Å². The van der Waals surface area contributed by atoms with Crippen molar-refractivity contribution < 1.29 is 13.2 Å². The second-order valence-corrected chi connectivity index (χ2v) is 7.65. The average molecular weight is 422 g/mol. The Bertz CT molecular complexity index is 830. The lowest BCUT2D eigenvalue weighted by Crippen LogP contribution is -2.16. The van der Waals surface area contributed by atoms with E-state index in [9.17, 15) is 8.42 Å². The van der Waals surface area contributed by atoms with Crippen molar-refractivity contribution in [2.45, 2.75) is 4.90 Å². The normalized spacial score (nSPS) is 11.2. The Morgan fingerprint density at radius 2 is 1.96 bits per heavy atom. The maximum Gasteiger partial charge on any atom is 0.264 e. The first-order chi connectivity index (χ1) is 10.7. The minimum absolute atomic E-state index is 0.00576. The molecule has 23 heavy (non-hydrogen) atoms. The van der Waals surface area contributed by atoms with Crippen molar-refractivity contribution in [1.29, 1.82) is 0 Å². The Morgan fingerprint density at radius 1 is 1.26 bits per heavy atom. The molecule has 7 nitrogen and oxygen atoms in total. The molecule has 0 aliphatic heterocycles. The molecule has 0 bridgehead atoms. The highest BCUT2D eigenvalue weighted by Gasteiger charge is 2.20. The number of methoxy groups -OCH3 is 1. The van der Waals surface area contributed by atoms with E-state index in [1.54, 1.807) is 4.90 Å². The maximum absolute atomic E-state index is 12.5. The predicted octanol–water partition coefficient (Wildman–Crippen LogP) is 2.77. The van der Waals surface area contributed by atoms with Crippen molar-refractivity contribution in [2.75, 3.05) is 30.8 Å². The smallest absolute Gasteiger partial charge is 0.264 e. The zero-order chi connectivity index (χ0) is 17.2. The first-order valence-electron chi connectivity index (χ1n) is 6.30. The van der Waals surface area contributed by atoms with Crippen LogP contribution < -0.4 is 14.4 Å². The molecule has 0 saturated heterocycles. The first kappa shape index (κ1) is 17.8. The van der Waals surface area contributed by atoms with E-state index >= 15 is 0 Å². The molecular formula is C13H14BrClN4O3S. The lowest BCUT2D eigenvalue weighted by molar-refractivity contribution is 0.415. The molecule has 0 atom stereocenters. The Morgan fingerprint density at radius 3 is 2.52 bits per heavy atom. The predicted molar refractivity (Wildman–Crippen MR) is 92.9 cm³/mol. The number of hydrogen-bond acceptors (Lipinski definition) is 6. The van der Waals surface area contributed by atoms with Gasteiger partial charge in [-0.15, -0.1) is 0 Å². The molecule has 0 aromatic carbocycles. The standard InChI is InChI=1S/C13H14BrClN4O3S/c1-19(2)13-10(14)5-9(7-17-13)23(20,21)18-12-11(22-3)4-8(15)6-16-12/h4-7H,1-3H3,(H,16,18). The number of anilines is 2. The number of pyridine rings is 2. The van der Waals surface area contributed by atoms with E-state index in [0.717, 1.165) is 0 Å². The summed E-state index contributed by atoms with van der Waals surface area (Å²) in [4.78, 5) is 9.83. The molecule has 0 unspecified atom stereocenters. The van der Waals surface area contributed by atoms with Gasteiger partial charge in [0.1, 0.15) is 10.7 Å². The molecular weight excluding hydrogens is 408 g/mol. The van der Waals surface area contributed by atoms with Gasteiger partial charge >= 0.3 is 0 Å². The van der Waals surface area contributed by atoms with Crippen molar-refractivity contribution in [1.82, 2.24) is 9.97 Å². The van der Waals surface area contributed by atoms with Crippen LogP contribution in [0, 0.1) is 0 Å². The van der Waals surface area contributed by atoms with Crippen molar-refractivity contribution in [2.24, 2.45) is 0 Å². The SMILES string of the molecule is COc1cc(Cl)cnc1NS(=O)(=O)c1cnc(N(C)C)c(Br)c1. The van der Waals surface area contributed by atoms with E-state index in [1.165, 1.54) is 31.6 Å². The number of rotatable bonds is 5. The molecule has 1 N–H and O–H groups in total. The molecule has 0 fully saturated rings. The van der Waals surface area contributed by atoms with Crippen molar-refractivity contribution in [3.05, 3.63) is 34.0 Å². The number of nitrogens with zero attached hydrogens (tertiary/aromatic N) is 3. The van der Waals surface area contributed by atoms with E-state index in [0.29, 0.717) is 15.3 Å². The van der Waals surface area contributed by atoms with E-state index < -0.39 is 10.0 Å². The molecule has 0 aliphatic carbocycles. The van der Waals surface area contributed by atoms with Crippen LogP contribution in [0.5, 0.6) is 5.75 Å². The van der Waals surface area contributed by atoms with Gasteiger partial charge in [0.05, 0.1) is 16.6 Å². The second-order valence-electron chi connectivity index (χ2n) is 4.68. The monoisotopic (exact) mass is 420 g/mol. The molecule has 124 valence electrons. The largest absolute Gasteiger partial charge is 0.493 e. The molecule has 0 amide bonds. The summed E-state index contributed by atoms with van der Waals surface area (Å²) in [5, 5.41) is 0.338. The number of ether oxygens (including phenoxy) is 1. The highest BCUT2D eigenvalue weighted by molar-refractivity contribution is 9.10. The van der Waals surface area contributed by atoms with Gasteiger partial charge in [-0.05, 0) is 22.0 Å². The van der Waals surface area contributed by atoms with Gasteiger partial charge in [0.2, 0.25) is 0 Å². The summed E-state index contributed by atoms with van der Waals surface area (Å²) in [5.74, 6) is 0.883. The third-order valence-electron chi connectivity index (χ3n) is 2.80. The molecule has 10 heteroatoms. The minimum atomic E-state index is -3.87. The Balaban J connectivity index is 2.38. The van der Waals surface area contributed by atoms with Gasteiger partial charge < -0.3 is 9.64 Å². The fourth-order valence-electron chi connectivity index (χ4n) is 1.73. The van der Waals surface area contributed by atoms with Gasteiger partial charge in [-0.2, -0.15) is 0 Å². The van der Waals surface area contributed by atoms with Crippen LogP contribution in [-0.2, 0) is 10.0 Å². The number of aromatic nitrogens is 2. The fourth-order valence-corrected chi connectivity index (χ4v) is 3.72. The summed E-state index contributed by atoms with van der Waals surface area (Å²) in [6.07, 6.45) is 2.59. The van der Waals surface area contributed by atoms with Crippen LogP contribution in [0.25, 0.3) is 0 Å². The van der Waals surface area contributed by atoms with Crippen LogP contribution in [0.15, 0.2) is 33.9 Å². The van der Waals surface area contributed by atoms with E-state index in [1.807, 2.05) is 14.1 Å². The zero-order valence-corrected chi connectivity index (χ0v) is 15.7. The van der Waals surface area contributed by atoms with Gasteiger partial charge in [0, 0.05) is 32.6 Å². The summed E-state index contributed by atoms with van der Waals surface area (Å²) >= 11 is 9.12. The number of hydrogen-bond donors (Lipinski definition) is 1. The van der Waals surface area contributed by atoms with E-state index in [4.69, 9.17) is 16.3 Å². The van der Waals surface area contributed by atoms with Gasteiger partial charge in [-0.3, -0.25) is 4.72 Å². The second kappa shape index (κ2) is 6.90. The van der Waals surface area contributed by atoms with Crippen molar-refractivity contribution in [3.63, 3.8) is 0 Å². The van der Waals surface area contributed by atoms with Gasteiger partial charge in [-0.25, -0.2) is 18.4 Å². The van der Waals surface area contributed by atoms with Crippen LogP contribution in [0.2, 0.25) is 5.02 Å². The molecule has 2 rings (SSSR count). The van der Waals surface area contributed by atoms with Crippen molar-refractivity contribution >= 4 is 49.2 Å². The summed E-state index contributed by atoms with van der Waals surface area (Å²) in [5.41, 5.74) is 0. The quantitative estimate of drug-likeness (QED) is 0.799. The maximum atomic E-state index is 12.5. The summed E-state index contributed by atoms with van der Waals surface area (Å²) in [7, 11) is 1.14. The lowest BCUT2D eigenvalue weighted by Gasteiger charge is -2.15. The fraction of sp³-hybridized carbons (Fsp3) is 0.231. The van der Waals surface area contributed by atoms with E-state index in [-0.39, 0.29) is 16.5 Å². The topological polar surface area (TPSA) is 84.4 Å². The molecule has 2 aromatic heterocycles. The molecule has 0 spiro atoms. The molecule has 2 aromatic rings. The Hall–Kier alpha value is -1.58. The van der Waals surface area contributed by atoms with Crippen LogP contribution >= 0.6 is 27.5 Å². The Kier molecular flexibility index (Phi) is 5.33. The minimum Gasteiger partial charge on any atom is -0.493 e. The average Bonchev–Trinajstić information content (AvgIpc) is 2.48. The molecule has 0 radical (unpaired) electrons. The first-order valence-corrected chi connectivity index (χ1v) is 8.95. The lowest BCUT2D eigenvalue weighted by atomic mass is 10.4. The van der Waals surface area contributed by atoms with Gasteiger partial charge in [0.25, 0.3) is 10.0 Å². The summed E-state index contributed by atoms with van der Waals surface area (Å²) < 4.78 is 32.9. The molecule has 2 heterocycles. The zero-order valence-electron chi connectivity index (χ0n) is 12.5. The Labute approximate surface area is 147 Å². The highest BCUT2D eigenvalue weighted by atomic mass is 79.9. The third-order valence-corrected chi connectivity index (χ3v) is 4.90. The number of nitrogens with one attached hydrogen (secondary N) is 1. The third kappa shape index (κ3) is 4.04.